The number of nitrogen functional groups attached to an aromatic ring is 1. The number of nitrogens with two attached hydrogens (primary N) is 4. The van der Waals surface area contributed by atoms with Crippen molar-refractivity contribution in [3.63, 3.8) is 0 Å². The molecule has 0 saturated heterocycles. The molecular weight excluding hydrogens is 487 g/mol. The lowest BCUT2D eigenvalue weighted by Gasteiger charge is -2.13. The smallest absolute Gasteiger partial charge is 0.400 e. The van der Waals surface area contributed by atoms with Crippen molar-refractivity contribution in [2.24, 2.45) is 17.2 Å². The number of ether oxygens (including phenoxy) is 1. The van der Waals surface area contributed by atoms with Gasteiger partial charge in [0.25, 0.3) is 0 Å². The van der Waals surface area contributed by atoms with Crippen LogP contribution in [-0.4, -0.2) is 48.6 Å². The Morgan fingerprint density at radius 3 is 2.49 bits per heavy atom. The van der Waals surface area contributed by atoms with Crippen LogP contribution < -0.4 is 28.3 Å². The molecule has 2 heterocycles. The summed E-state index contributed by atoms with van der Waals surface area (Å²) in [5.41, 5.74) is 27.2. The Kier molecular flexibility index (Phi) is 12.7. The number of rotatable bonds is 8. The van der Waals surface area contributed by atoms with Gasteiger partial charge in [-0.1, -0.05) is 12.1 Å². The van der Waals surface area contributed by atoms with E-state index < -0.39 is 12.7 Å². The van der Waals surface area contributed by atoms with Gasteiger partial charge < -0.3 is 37.8 Å². The highest BCUT2D eigenvalue weighted by atomic mass is 19.4. The first-order valence-electron chi connectivity index (χ1n) is 11.2. The van der Waals surface area contributed by atoms with Crippen LogP contribution in [0.3, 0.4) is 0 Å². The number of carbonyl (C=O) groups is 1. The molecule has 0 radical (unpaired) electrons. The second-order valence-electron chi connectivity index (χ2n) is 7.74. The van der Waals surface area contributed by atoms with E-state index in [9.17, 15) is 13.2 Å². The van der Waals surface area contributed by atoms with Gasteiger partial charge in [0.1, 0.15) is 12.4 Å². The van der Waals surface area contributed by atoms with E-state index in [1.165, 1.54) is 0 Å². The third-order valence-corrected chi connectivity index (χ3v) is 4.83. The molecule has 0 spiro atoms. The van der Waals surface area contributed by atoms with Gasteiger partial charge in [0.15, 0.2) is 5.88 Å². The third-order valence-electron chi connectivity index (χ3n) is 4.83. The number of nitrogens with zero attached hydrogens (tertiary/aromatic N) is 2. The summed E-state index contributed by atoms with van der Waals surface area (Å²) in [5, 5.41) is 3.09. The van der Waals surface area contributed by atoms with Crippen LogP contribution in [0.1, 0.15) is 18.9 Å². The Bertz CT molecular complexity index is 1180. The summed E-state index contributed by atoms with van der Waals surface area (Å²) in [4.78, 5) is 12.5. The molecule has 0 amide bonds. The van der Waals surface area contributed by atoms with Crippen molar-refractivity contribution < 1.29 is 22.7 Å². The molecule has 0 bridgehead atoms. The molecule has 202 valence electrons. The van der Waals surface area contributed by atoms with E-state index in [1.54, 1.807) is 12.2 Å². The predicted molar refractivity (Wildman–Crippen MR) is 141 cm³/mol. The number of halogens is 3. The average Bonchev–Trinajstić information content (AvgIpc) is 3.30. The highest BCUT2D eigenvalue weighted by Gasteiger charge is 2.23. The number of anilines is 1. The highest BCUT2D eigenvalue weighted by Crippen LogP contribution is 2.24. The molecule has 0 fully saturated rings. The van der Waals surface area contributed by atoms with Gasteiger partial charge in [0.2, 0.25) is 0 Å². The summed E-state index contributed by atoms with van der Waals surface area (Å²) in [6, 6.07) is 11.6. The lowest BCUT2D eigenvalue weighted by atomic mass is 10.1. The molecular formula is C25H34F3N7O2. The number of pyridine rings is 1. The number of hydrogen-bond donors (Lipinski definition) is 5. The van der Waals surface area contributed by atoms with E-state index in [4.69, 9.17) is 26.7 Å². The molecule has 12 heteroatoms. The van der Waals surface area contributed by atoms with Crippen molar-refractivity contribution >= 4 is 23.8 Å². The monoisotopic (exact) mass is 521 g/mol. The maximum Gasteiger partial charge on any atom is 0.400 e. The van der Waals surface area contributed by atoms with Gasteiger partial charge in [0, 0.05) is 28.7 Å². The number of aromatic nitrogens is 2. The highest BCUT2D eigenvalue weighted by molar-refractivity contribution is 5.71. The summed E-state index contributed by atoms with van der Waals surface area (Å²) in [6.07, 6.45) is 3.91. The van der Waals surface area contributed by atoms with Crippen LogP contribution in [0.2, 0.25) is 0 Å². The second kappa shape index (κ2) is 15.2. The maximum absolute atomic E-state index is 10.7. The molecule has 2 aromatic heterocycles. The molecule has 1 unspecified atom stereocenters. The van der Waals surface area contributed by atoms with Crippen LogP contribution >= 0.6 is 0 Å². The number of allylic oxidation sites excluding steroid dienone is 2. The van der Waals surface area contributed by atoms with Gasteiger partial charge in [-0.15, -0.1) is 0 Å². The maximum atomic E-state index is 10.7. The van der Waals surface area contributed by atoms with E-state index >= 15 is 0 Å². The van der Waals surface area contributed by atoms with Crippen LogP contribution in [0.4, 0.5) is 18.9 Å². The van der Waals surface area contributed by atoms with Crippen LogP contribution in [0, 0.1) is 0 Å². The number of nitrogens with one attached hydrogen (secondary N) is 1. The summed E-state index contributed by atoms with van der Waals surface area (Å²) >= 11 is 0. The number of carbonyl (C=O) groups excluding carboxylic acids is 1. The van der Waals surface area contributed by atoms with Gasteiger partial charge >= 0.3 is 6.18 Å². The van der Waals surface area contributed by atoms with Crippen LogP contribution in [0.25, 0.3) is 22.6 Å². The molecule has 1 aromatic carbocycles. The fourth-order valence-corrected chi connectivity index (χ4v) is 3.02. The molecule has 9 nitrogen and oxygen atoms in total. The van der Waals surface area contributed by atoms with E-state index in [0.717, 1.165) is 35.4 Å². The van der Waals surface area contributed by atoms with E-state index in [0.29, 0.717) is 17.3 Å². The minimum atomic E-state index is -4.18. The van der Waals surface area contributed by atoms with Gasteiger partial charge in [-0.3, -0.25) is 4.40 Å². The van der Waals surface area contributed by atoms with Crippen LogP contribution in [0.15, 0.2) is 66.8 Å². The number of alkyl halides is 3. The zero-order valence-corrected chi connectivity index (χ0v) is 20.8. The first-order valence-corrected chi connectivity index (χ1v) is 11.2. The van der Waals surface area contributed by atoms with Gasteiger partial charge in [-0.2, -0.15) is 13.2 Å². The van der Waals surface area contributed by atoms with Gasteiger partial charge in [-0.25, -0.2) is 4.98 Å². The van der Waals surface area contributed by atoms with Crippen molar-refractivity contribution in [3.8, 4) is 11.3 Å². The zero-order chi connectivity index (χ0) is 28.0. The van der Waals surface area contributed by atoms with Gasteiger partial charge in [0.05, 0.1) is 24.5 Å². The normalized spacial score (nSPS) is 12.7. The molecule has 9 N–H and O–H groups in total. The summed E-state index contributed by atoms with van der Waals surface area (Å²) in [5.74, 6) is 0.336. The van der Waals surface area contributed by atoms with Crippen LogP contribution in [-0.2, 0) is 9.53 Å². The molecule has 1 atom stereocenters. The van der Waals surface area contributed by atoms with Crippen molar-refractivity contribution in [2.45, 2.75) is 25.6 Å². The molecule has 3 aromatic rings. The zero-order valence-electron chi connectivity index (χ0n) is 20.8. The van der Waals surface area contributed by atoms with Gasteiger partial charge in [-0.05, 0) is 63.4 Å². The van der Waals surface area contributed by atoms with Crippen molar-refractivity contribution in [3.05, 3.63) is 72.4 Å². The lowest BCUT2D eigenvalue weighted by molar-refractivity contribution is -0.118. The first-order chi connectivity index (χ1) is 17.5. The van der Waals surface area contributed by atoms with Crippen molar-refractivity contribution in [1.29, 1.82) is 0 Å². The summed E-state index contributed by atoms with van der Waals surface area (Å²) in [7, 11) is 1.91. The Balaban J connectivity index is 0.000000752. The fourth-order valence-electron chi connectivity index (χ4n) is 3.02. The molecule has 0 aliphatic heterocycles. The summed E-state index contributed by atoms with van der Waals surface area (Å²) < 4.78 is 39.6. The van der Waals surface area contributed by atoms with Crippen LogP contribution in [0.5, 0.6) is 0 Å². The topological polar surface area (TPSA) is 160 Å². The minimum absolute atomic E-state index is 0.0278. The molecule has 3 rings (SSSR count). The van der Waals surface area contributed by atoms with Crippen molar-refractivity contribution in [2.75, 3.05) is 25.9 Å². The number of fused-ring (bicyclic) bond motifs is 1. The van der Waals surface area contributed by atoms with E-state index in [1.807, 2.05) is 74.0 Å². The largest absolute Gasteiger partial charge is 0.476 e. The van der Waals surface area contributed by atoms with E-state index in [2.05, 4.69) is 16.0 Å². The average molecular weight is 522 g/mol. The Hall–Kier alpha value is -4.03. The van der Waals surface area contributed by atoms with E-state index in [-0.39, 0.29) is 6.10 Å². The second-order valence-corrected chi connectivity index (χ2v) is 7.74. The SMILES string of the molecule is C=O.CNCCC(C)O/C(N)=C/C=C(\N)c1ccn2c(-c3cccc(N)c3)cnc2c1.NCC(F)(F)F. The summed E-state index contributed by atoms with van der Waals surface area (Å²) in [6.45, 7) is 3.62. The Labute approximate surface area is 214 Å². The quantitative estimate of drug-likeness (QED) is 0.172. The molecule has 0 aliphatic rings. The Morgan fingerprint density at radius 1 is 1.22 bits per heavy atom. The lowest BCUT2D eigenvalue weighted by Crippen LogP contribution is -2.21. The molecule has 37 heavy (non-hydrogen) atoms. The minimum Gasteiger partial charge on any atom is -0.476 e. The number of imidazole rings is 1. The Morgan fingerprint density at radius 2 is 1.89 bits per heavy atom. The number of benzene rings is 1. The molecule has 0 saturated carbocycles. The predicted octanol–water partition coefficient (Wildman–Crippen LogP) is 3.02. The number of hydrogen-bond acceptors (Lipinski definition) is 8. The fraction of sp³-hybridized carbons (Fsp3) is 0.280. The first kappa shape index (κ1) is 31.0. The molecule has 0 aliphatic carbocycles. The third kappa shape index (κ3) is 10.6. The van der Waals surface area contributed by atoms with Crippen molar-refractivity contribution in [1.82, 2.24) is 14.7 Å². The standard InChI is InChI=1S/C22H28N6O.C2H4F3N.CH2O/c1-15(8-10-26-2)29-21(25)7-6-19(24)16-9-11-28-20(14-27-22(28)13-16)17-4-3-5-18(23)12-17;3-2(4,5)1-6;1-2/h3-7,9,11-15,26H,8,10,23-25H2,1-2H3;1,6H2;1H2/b19-6-,21-7+;;.